The minimum absolute atomic E-state index is 0.110. The van der Waals surface area contributed by atoms with Crippen LogP contribution in [0.1, 0.15) is 12.0 Å². The molecule has 15 heavy (non-hydrogen) atoms. The summed E-state index contributed by atoms with van der Waals surface area (Å²) < 4.78 is 4.50. The van der Waals surface area contributed by atoms with Gasteiger partial charge in [-0.1, -0.05) is 30.3 Å². The van der Waals surface area contributed by atoms with Crippen molar-refractivity contribution in [2.45, 2.75) is 13.0 Å². The van der Waals surface area contributed by atoms with Crippen LogP contribution >= 0.6 is 0 Å². The molecule has 0 aliphatic carbocycles. The van der Waals surface area contributed by atoms with E-state index in [2.05, 4.69) is 10.1 Å². The number of benzene rings is 1. The van der Waals surface area contributed by atoms with Crippen molar-refractivity contribution in [3.8, 4) is 0 Å². The van der Waals surface area contributed by atoms with Gasteiger partial charge in [0.05, 0.1) is 6.42 Å². The summed E-state index contributed by atoms with van der Waals surface area (Å²) in [4.78, 5) is 10.8. The van der Waals surface area contributed by atoms with Crippen LogP contribution in [-0.2, 0) is 16.1 Å². The van der Waals surface area contributed by atoms with E-state index in [-0.39, 0.29) is 12.4 Å². The fourth-order valence-electron chi connectivity index (χ4n) is 1.37. The van der Waals surface area contributed by atoms with Crippen molar-refractivity contribution in [1.29, 1.82) is 0 Å². The molecule has 2 rings (SSSR count). The van der Waals surface area contributed by atoms with Gasteiger partial charge in [0.25, 0.3) is 0 Å². The minimum atomic E-state index is -0.428. The van der Waals surface area contributed by atoms with Gasteiger partial charge in [-0.25, -0.2) is 0 Å². The van der Waals surface area contributed by atoms with Gasteiger partial charge in [-0.05, 0) is 5.56 Å². The number of ether oxygens (including phenoxy) is 1. The third-order valence-electron chi connectivity index (χ3n) is 2.14. The van der Waals surface area contributed by atoms with Crippen molar-refractivity contribution in [3.05, 3.63) is 47.5 Å². The number of aliphatic hydroxyl groups excluding tert-OH is 1. The summed E-state index contributed by atoms with van der Waals surface area (Å²) in [6, 6.07) is 9.72. The lowest BCUT2D eigenvalue weighted by Gasteiger charge is -2.04. The molecule has 2 N–H and O–H groups in total. The number of esters is 1. The van der Waals surface area contributed by atoms with Gasteiger partial charge in [0, 0.05) is 6.54 Å². The van der Waals surface area contributed by atoms with Crippen LogP contribution in [0.2, 0.25) is 0 Å². The first-order valence-electron chi connectivity index (χ1n) is 4.66. The Kier molecular flexibility index (Phi) is 2.58. The zero-order valence-electron chi connectivity index (χ0n) is 8.06. The molecule has 0 spiro atoms. The Bertz CT molecular complexity index is 398. The Hall–Kier alpha value is -1.97. The predicted molar refractivity (Wildman–Crippen MR) is 53.6 cm³/mol. The Morgan fingerprint density at radius 3 is 2.67 bits per heavy atom. The molecule has 0 fully saturated rings. The van der Waals surface area contributed by atoms with Crippen LogP contribution in [0.5, 0.6) is 0 Å². The molecule has 1 aliphatic heterocycles. The molecule has 0 saturated carbocycles. The van der Waals surface area contributed by atoms with E-state index in [0.717, 1.165) is 5.56 Å². The number of cyclic esters (lactones) is 1. The van der Waals surface area contributed by atoms with Crippen LogP contribution in [0, 0.1) is 0 Å². The van der Waals surface area contributed by atoms with Crippen LogP contribution in [0.3, 0.4) is 0 Å². The number of aliphatic hydroxyl groups is 1. The number of rotatable bonds is 3. The van der Waals surface area contributed by atoms with E-state index in [1.165, 1.54) is 0 Å². The van der Waals surface area contributed by atoms with E-state index < -0.39 is 5.97 Å². The quantitative estimate of drug-likeness (QED) is 0.733. The number of hydrogen-bond donors (Lipinski definition) is 2. The van der Waals surface area contributed by atoms with Crippen LogP contribution in [0.15, 0.2) is 42.0 Å². The number of nitrogens with one attached hydrogen (secondary N) is 1. The van der Waals surface area contributed by atoms with E-state index >= 15 is 0 Å². The molecule has 4 heteroatoms. The summed E-state index contributed by atoms with van der Waals surface area (Å²) in [7, 11) is 0. The molecule has 1 aromatic rings. The average Bonchev–Trinajstić information content (AvgIpc) is 2.56. The first-order chi connectivity index (χ1) is 7.25. The number of carbonyl (C=O) groups excluding carboxylic acids is 1. The average molecular weight is 205 g/mol. The highest BCUT2D eigenvalue weighted by Gasteiger charge is 2.22. The monoisotopic (exact) mass is 205 g/mol. The van der Waals surface area contributed by atoms with Gasteiger partial charge in [-0.2, -0.15) is 0 Å². The van der Waals surface area contributed by atoms with Gasteiger partial charge in [0.2, 0.25) is 0 Å². The van der Waals surface area contributed by atoms with E-state index in [0.29, 0.717) is 12.2 Å². The van der Waals surface area contributed by atoms with Gasteiger partial charge in [-0.15, -0.1) is 0 Å². The van der Waals surface area contributed by atoms with Crippen molar-refractivity contribution in [2.24, 2.45) is 0 Å². The van der Waals surface area contributed by atoms with E-state index in [9.17, 15) is 9.90 Å². The lowest BCUT2D eigenvalue weighted by atomic mass is 10.2. The van der Waals surface area contributed by atoms with Gasteiger partial charge in [0.1, 0.15) is 5.70 Å². The standard InChI is InChI=1S/C11H11NO3/c13-10-6-9(11(14)15-10)12-7-8-4-2-1-3-5-8/h1-5,12,14H,6-7H2. The highest BCUT2D eigenvalue weighted by Crippen LogP contribution is 2.15. The molecule has 0 atom stereocenters. The van der Waals surface area contributed by atoms with Crippen LogP contribution in [0.25, 0.3) is 0 Å². The Morgan fingerprint density at radius 2 is 2.07 bits per heavy atom. The molecule has 4 nitrogen and oxygen atoms in total. The molecular formula is C11H11NO3. The van der Waals surface area contributed by atoms with Gasteiger partial charge in [-0.3, -0.25) is 4.79 Å². The molecule has 1 aromatic carbocycles. The maximum absolute atomic E-state index is 10.8. The molecule has 1 aliphatic rings. The van der Waals surface area contributed by atoms with Crippen LogP contribution in [-0.4, -0.2) is 11.1 Å². The Balaban J connectivity index is 1.94. The summed E-state index contributed by atoms with van der Waals surface area (Å²) in [5, 5.41) is 12.2. The summed E-state index contributed by atoms with van der Waals surface area (Å²) >= 11 is 0. The van der Waals surface area contributed by atoms with Crippen LogP contribution in [0.4, 0.5) is 0 Å². The fourth-order valence-corrected chi connectivity index (χ4v) is 1.37. The summed E-state index contributed by atoms with van der Waals surface area (Å²) in [5.74, 6) is -0.737. The second-order valence-corrected chi connectivity index (χ2v) is 3.27. The fraction of sp³-hybridized carbons (Fsp3) is 0.182. The van der Waals surface area contributed by atoms with E-state index in [1.807, 2.05) is 30.3 Å². The third-order valence-corrected chi connectivity index (χ3v) is 2.14. The molecule has 0 aromatic heterocycles. The van der Waals surface area contributed by atoms with E-state index in [4.69, 9.17) is 0 Å². The molecule has 1 heterocycles. The minimum Gasteiger partial charge on any atom is -0.479 e. The first-order valence-corrected chi connectivity index (χ1v) is 4.66. The van der Waals surface area contributed by atoms with Crippen molar-refractivity contribution >= 4 is 5.97 Å². The Morgan fingerprint density at radius 1 is 1.33 bits per heavy atom. The third kappa shape index (κ3) is 2.28. The number of hydrogen-bond acceptors (Lipinski definition) is 4. The Labute approximate surface area is 87.2 Å². The van der Waals surface area contributed by atoms with Crippen molar-refractivity contribution in [2.75, 3.05) is 0 Å². The SMILES string of the molecule is O=C1CC(NCc2ccccc2)=C(O)O1. The highest BCUT2D eigenvalue weighted by atomic mass is 16.6. The molecule has 0 amide bonds. The second kappa shape index (κ2) is 4.04. The summed E-state index contributed by atoms with van der Waals surface area (Å²) in [5.41, 5.74) is 1.53. The van der Waals surface area contributed by atoms with Crippen molar-refractivity contribution in [1.82, 2.24) is 5.32 Å². The highest BCUT2D eigenvalue weighted by molar-refractivity contribution is 5.76. The predicted octanol–water partition coefficient (Wildman–Crippen LogP) is 1.45. The molecule has 78 valence electrons. The topological polar surface area (TPSA) is 58.6 Å². The molecule has 0 unspecified atom stereocenters. The van der Waals surface area contributed by atoms with E-state index in [1.54, 1.807) is 0 Å². The lowest BCUT2D eigenvalue weighted by molar-refractivity contribution is -0.139. The van der Waals surface area contributed by atoms with Gasteiger partial charge < -0.3 is 15.2 Å². The lowest BCUT2D eigenvalue weighted by Crippen LogP contribution is -2.13. The maximum atomic E-state index is 10.8. The molecule has 0 saturated heterocycles. The summed E-state index contributed by atoms with van der Waals surface area (Å²) in [6.45, 7) is 0.566. The maximum Gasteiger partial charge on any atom is 0.319 e. The zero-order chi connectivity index (χ0) is 10.7. The van der Waals surface area contributed by atoms with Gasteiger partial charge >= 0.3 is 11.9 Å². The largest absolute Gasteiger partial charge is 0.479 e. The number of carbonyl (C=O) groups is 1. The second-order valence-electron chi connectivity index (χ2n) is 3.27. The zero-order valence-corrected chi connectivity index (χ0v) is 8.06. The van der Waals surface area contributed by atoms with Crippen molar-refractivity contribution in [3.63, 3.8) is 0 Å². The first kappa shape index (κ1) is 9.58. The van der Waals surface area contributed by atoms with Gasteiger partial charge in [0.15, 0.2) is 0 Å². The van der Waals surface area contributed by atoms with Crippen molar-refractivity contribution < 1.29 is 14.6 Å². The smallest absolute Gasteiger partial charge is 0.319 e. The molecular weight excluding hydrogens is 194 g/mol. The normalized spacial score (nSPS) is 15.3. The van der Waals surface area contributed by atoms with Crippen LogP contribution < -0.4 is 5.32 Å². The summed E-state index contributed by atoms with van der Waals surface area (Å²) in [6.07, 6.45) is 0.110. The molecule has 0 radical (unpaired) electrons. The molecule has 0 bridgehead atoms.